The van der Waals surface area contributed by atoms with Crippen molar-refractivity contribution in [2.24, 2.45) is 11.8 Å². The largest absolute Gasteiger partial charge is 0.481 e. The number of rotatable bonds is 11. The van der Waals surface area contributed by atoms with Crippen molar-refractivity contribution >= 4 is 11.8 Å². The van der Waals surface area contributed by atoms with E-state index in [1.54, 1.807) is 12.2 Å². The lowest BCUT2D eigenvalue weighted by molar-refractivity contribution is -0.137. The van der Waals surface area contributed by atoms with Crippen LogP contribution in [-0.4, -0.2) is 39.3 Å². The molecule has 0 saturated heterocycles. The normalized spacial score (nSPS) is 24.9. The van der Waals surface area contributed by atoms with Gasteiger partial charge in [0, 0.05) is 25.2 Å². The van der Waals surface area contributed by atoms with E-state index in [9.17, 15) is 19.8 Å². The molecule has 1 fully saturated rings. The van der Waals surface area contributed by atoms with Crippen molar-refractivity contribution < 1.29 is 24.9 Å². The van der Waals surface area contributed by atoms with E-state index in [1.165, 1.54) is 0 Å². The van der Waals surface area contributed by atoms with Crippen LogP contribution in [0.25, 0.3) is 0 Å². The van der Waals surface area contributed by atoms with Gasteiger partial charge in [-0.1, -0.05) is 48.6 Å². The van der Waals surface area contributed by atoms with Gasteiger partial charge >= 0.3 is 5.97 Å². The highest BCUT2D eigenvalue weighted by Crippen LogP contribution is 2.36. The van der Waals surface area contributed by atoms with Gasteiger partial charge in [-0.2, -0.15) is 0 Å². The summed E-state index contributed by atoms with van der Waals surface area (Å²) in [6.07, 6.45) is 9.30. The van der Waals surface area contributed by atoms with Crippen LogP contribution in [0, 0.1) is 11.8 Å². The molecule has 0 bridgehead atoms. The fraction of sp³-hybridized carbons (Fsp3) is 0.478. The Balaban J connectivity index is 1.83. The van der Waals surface area contributed by atoms with Crippen LogP contribution in [0.3, 0.4) is 0 Å². The van der Waals surface area contributed by atoms with Crippen LogP contribution >= 0.6 is 0 Å². The van der Waals surface area contributed by atoms with Crippen LogP contribution in [-0.2, 0) is 16.0 Å². The molecule has 0 heterocycles. The van der Waals surface area contributed by atoms with Gasteiger partial charge in [-0.15, -0.1) is 0 Å². The zero-order valence-electron chi connectivity index (χ0n) is 16.1. The standard InChI is InChI=1S/C23H30O5/c24-18(13-12-17-8-4-3-5-9-17)14-15-20-19(21(25)16-22(20)26)10-6-1-2-7-11-23(27)28/h1,3-6,8-9,14-15,19-22,25-26H,2,7,10-13,16H2,(H,27,28). The highest BCUT2D eigenvalue weighted by Gasteiger charge is 2.39. The molecule has 4 atom stereocenters. The quantitative estimate of drug-likeness (QED) is 0.308. The number of unbranched alkanes of at least 4 members (excludes halogenated alkanes) is 1. The van der Waals surface area contributed by atoms with Gasteiger partial charge in [-0.3, -0.25) is 9.59 Å². The van der Waals surface area contributed by atoms with Gasteiger partial charge in [0.2, 0.25) is 0 Å². The zero-order valence-corrected chi connectivity index (χ0v) is 16.1. The lowest BCUT2D eigenvalue weighted by atomic mass is 9.89. The number of aliphatic hydroxyl groups excluding tert-OH is 2. The fourth-order valence-electron chi connectivity index (χ4n) is 3.66. The SMILES string of the molecule is O=C(O)CCCC=CCC1C(O)CC(O)C1C=CC(=O)CCc1ccccc1. The van der Waals surface area contributed by atoms with Crippen LogP contribution in [0.2, 0.25) is 0 Å². The van der Waals surface area contributed by atoms with Crippen LogP contribution in [0.5, 0.6) is 0 Å². The number of carboxylic acids is 1. The molecule has 28 heavy (non-hydrogen) atoms. The van der Waals surface area contributed by atoms with Gasteiger partial charge in [-0.25, -0.2) is 0 Å². The van der Waals surface area contributed by atoms with E-state index in [4.69, 9.17) is 5.11 Å². The molecular weight excluding hydrogens is 356 g/mol. The van der Waals surface area contributed by atoms with E-state index < -0.39 is 18.2 Å². The van der Waals surface area contributed by atoms with Gasteiger partial charge in [0.25, 0.3) is 0 Å². The summed E-state index contributed by atoms with van der Waals surface area (Å²) in [6.45, 7) is 0. The Kier molecular flexibility index (Phi) is 9.11. The second-order valence-electron chi connectivity index (χ2n) is 7.42. The molecule has 1 aliphatic carbocycles. The minimum Gasteiger partial charge on any atom is -0.481 e. The zero-order chi connectivity index (χ0) is 20.4. The third-order valence-corrected chi connectivity index (χ3v) is 5.26. The van der Waals surface area contributed by atoms with Crippen LogP contribution < -0.4 is 0 Å². The van der Waals surface area contributed by atoms with Crippen molar-refractivity contribution in [3.63, 3.8) is 0 Å². The molecule has 5 nitrogen and oxygen atoms in total. The van der Waals surface area contributed by atoms with Crippen molar-refractivity contribution in [3.8, 4) is 0 Å². The van der Waals surface area contributed by atoms with E-state index in [0.29, 0.717) is 38.5 Å². The number of carboxylic acid groups (broad SMARTS) is 1. The predicted molar refractivity (Wildman–Crippen MR) is 108 cm³/mol. The first-order chi connectivity index (χ1) is 13.5. The molecule has 0 spiro atoms. The minimum absolute atomic E-state index is 0.0143. The number of ketones is 1. The highest BCUT2D eigenvalue weighted by molar-refractivity contribution is 5.89. The predicted octanol–water partition coefficient (Wildman–Crippen LogP) is 3.30. The average Bonchev–Trinajstić information content (AvgIpc) is 2.94. The number of aryl methyl sites for hydroxylation is 1. The molecule has 1 aromatic carbocycles. The Morgan fingerprint density at radius 3 is 2.50 bits per heavy atom. The third kappa shape index (κ3) is 7.41. The van der Waals surface area contributed by atoms with Crippen molar-refractivity contribution in [2.45, 2.75) is 57.2 Å². The van der Waals surface area contributed by atoms with Gasteiger partial charge in [0.05, 0.1) is 12.2 Å². The Hall–Kier alpha value is -2.24. The summed E-state index contributed by atoms with van der Waals surface area (Å²) in [5.74, 6) is -1.17. The van der Waals surface area contributed by atoms with Gasteiger partial charge in [0.1, 0.15) is 0 Å². The summed E-state index contributed by atoms with van der Waals surface area (Å²) in [4.78, 5) is 22.7. The Morgan fingerprint density at radius 2 is 1.79 bits per heavy atom. The minimum atomic E-state index is -0.801. The molecule has 0 amide bonds. The summed E-state index contributed by atoms with van der Waals surface area (Å²) in [6, 6.07) is 9.83. The summed E-state index contributed by atoms with van der Waals surface area (Å²) < 4.78 is 0. The molecule has 2 rings (SSSR count). The lowest BCUT2D eigenvalue weighted by Crippen LogP contribution is -2.20. The maximum atomic E-state index is 12.2. The maximum absolute atomic E-state index is 12.2. The number of hydrogen-bond acceptors (Lipinski definition) is 4. The molecule has 1 aromatic rings. The molecule has 1 saturated carbocycles. The van der Waals surface area contributed by atoms with E-state index in [0.717, 1.165) is 5.56 Å². The number of carbonyl (C=O) groups excluding carboxylic acids is 1. The fourth-order valence-corrected chi connectivity index (χ4v) is 3.66. The number of hydrogen-bond donors (Lipinski definition) is 3. The molecule has 0 aliphatic heterocycles. The Labute approximate surface area is 166 Å². The molecule has 5 heteroatoms. The highest BCUT2D eigenvalue weighted by atomic mass is 16.4. The summed E-state index contributed by atoms with van der Waals surface area (Å²) >= 11 is 0. The summed E-state index contributed by atoms with van der Waals surface area (Å²) in [5, 5.41) is 29.1. The molecular formula is C23H30O5. The molecule has 4 unspecified atom stereocenters. The number of aliphatic carboxylic acids is 1. The topological polar surface area (TPSA) is 94.8 Å². The third-order valence-electron chi connectivity index (χ3n) is 5.26. The first kappa shape index (κ1) is 22.1. The van der Waals surface area contributed by atoms with Crippen molar-refractivity contribution in [3.05, 3.63) is 60.2 Å². The summed E-state index contributed by atoms with van der Waals surface area (Å²) in [7, 11) is 0. The van der Waals surface area contributed by atoms with Crippen molar-refractivity contribution in [1.29, 1.82) is 0 Å². The van der Waals surface area contributed by atoms with Crippen LogP contribution in [0.15, 0.2) is 54.6 Å². The number of allylic oxidation sites excluding steroid dienone is 3. The first-order valence-corrected chi connectivity index (χ1v) is 9.95. The second kappa shape index (κ2) is 11.6. The smallest absolute Gasteiger partial charge is 0.303 e. The van der Waals surface area contributed by atoms with Gasteiger partial charge in [-0.05, 0) is 43.2 Å². The van der Waals surface area contributed by atoms with Gasteiger partial charge < -0.3 is 15.3 Å². The summed E-state index contributed by atoms with van der Waals surface area (Å²) in [5.41, 5.74) is 1.12. The maximum Gasteiger partial charge on any atom is 0.303 e. The van der Waals surface area contributed by atoms with E-state index in [1.807, 2.05) is 42.5 Å². The van der Waals surface area contributed by atoms with Crippen LogP contribution in [0.4, 0.5) is 0 Å². The van der Waals surface area contributed by atoms with E-state index in [2.05, 4.69) is 0 Å². The molecule has 3 N–H and O–H groups in total. The lowest BCUT2D eigenvalue weighted by Gasteiger charge is -2.19. The van der Waals surface area contributed by atoms with Crippen LogP contribution in [0.1, 0.15) is 44.1 Å². The number of carbonyl (C=O) groups is 2. The molecule has 1 aliphatic rings. The second-order valence-corrected chi connectivity index (χ2v) is 7.42. The number of benzene rings is 1. The van der Waals surface area contributed by atoms with Gasteiger partial charge in [0.15, 0.2) is 5.78 Å². The average molecular weight is 386 g/mol. The molecule has 152 valence electrons. The van der Waals surface area contributed by atoms with Crippen molar-refractivity contribution in [1.82, 2.24) is 0 Å². The van der Waals surface area contributed by atoms with E-state index >= 15 is 0 Å². The van der Waals surface area contributed by atoms with E-state index in [-0.39, 0.29) is 24.0 Å². The Morgan fingerprint density at radius 1 is 1.04 bits per heavy atom. The monoisotopic (exact) mass is 386 g/mol. The molecule has 0 aromatic heterocycles. The Bertz CT molecular complexity index is 679. The molecule has 0 radical (unpaired) electrons. The first-order valence-electron chi connectivity index (χ1n) is 9.95. The van der Waals surface area contributed by atoms with Crippen molar-refractivity contribution in [2.75, 3.05) is 0 Å². The number of aliphatic hydroxyl groups is 2.